The minimum atomic E-state index is -0.158. The summed E-state index contributed by atoms with van der Waals surface area (Å²) in [7, 11) is 0. The van der Waals surface area contributed by atoms with E-state index >= 15 is 0 Å². The van der Waals surface area contributed by atoms with E-state index in [-0.39, 0.29) is 11.8 Å². The average molecular weight is 312 g/mol. The first-order chi connectivity index (χ1) is 10.6. The standard InChI is InChI=1S/C17H16N2O2S/c1-12(20)19-9-8-13-11-14(4-6-16(13)19)18-17(21)7-5-15-3-2-10-22-15/h2-7,10-11H,8-9H2,1H3,(H,18,21)/b7-5+. The van der Waals surface area contributed by atoms with Gasteiger partial charge in [0.1, 0.15) is 0 Å². The predicted molar refractivity (Wildman–Crippen MR) is 90.2 cm³/mol. The zero-order valence-electron chi connectivity index (χ0n) is 12.2. The number of fused-ring (bicyclic) bond motifs is 1. The number of hydrogen-bond donors (Lipinski definition) is 1. The minimum Gasteiger partial charge on any atom is -0.323 e. The molecular formula is C17H16N2O2S. The average Bonchev–Trinajstić information content (AvgIpc) is 3.14. The fourth-order valence-corrected chi connectivity index (χ4v) is 3.15. The van der Waals surface area contributed by atoms with Gasteiger partial charge in [0.25, 0.3) is 0 Å². The van der Waals surface area contributed by atoms with E-state index in [4.69, 9.17) is 0 Å². The molecule has 0 aliphatic carbocycles. The van der Waals surface area contributed by atoms with Gasteiger partial charge in [-0.2, -0.15) is 0 Å². The molecule has 1 aromatic carbocycles. The van der Waals surface area contributed by atoms with E-state index in [1.165, 1.54) is 6.08 Å². The maximum Gasteiger partial charge on any atom is 0.248 e. The van der Waals surface area contributed by atoms with Gasteiger partial charge in [-0.1, -0.05) is 6.07 Å². The summed E-state index contributed by atoms with van der Waals surface area (Å²) in [5.41, 5.74) is 2.79. The van der Waals surface area contributed by atoms with Crippen molar-refractivity contribution in [2.75, 3.05) is 16.8 Å². The molecule has 1 aliphatic heterocycles. The molecule has 5 heteroatoms. The van der Waals surface area contributed by atoms with Gasteiger partial charge < -0.3 is 10.2 Å². The van der Waals surface area contributed by atoms with Crippen molar-refractivity contribution in [3.63, 3.8) is 0 Å². The fourth-order valence-electron chi connectivity index (χ4n) is 2.53. The summed E-state index contributed by atoms with van der Waals surface area (Å²) in [5, 5.41) is 4.82. The van der Waals surface area contributed by atoms with Crippen LogP contribution in [0.5, 0.6) is 0 Å². The summed E-state index contributed by atoms with van der Waals surface area (Å²) in [6.07, 6.45) is 4.15. The highest BCUT2D eigenvalue weighted by Crippen LogP contribution is 2.30. The molecule has 1 N–H and O–H groups in total. The lowest BCUT2D eigenvalue weighted by molar-refractivity contribution is -0.116. The molecule has 0 fully saturated rings. The number of carbonyl (C=O) groups is 2. The van der Waals surface area contributed by atoms with Crippen molar-refractivity contribution >= 4 is 40.6 Å². The van der Waals surface area contributed by atoms with Crippen LogP contribution >= 0.6 is 11.3 Å². The molecule has 0 spiro atoms. The third-order valence-electron chi connectivity index (χ3n) is 3.56. The Morgan fingerprint density at radius 3 is 2.91 bits per heavy atom. The van der Waals surface area contributed by atoms with Gasteiger partial charge in [0.15, 0.2) is 0 Å². The van der Waals surface area contributed by atoms with E-state index in [9.17, 15) is 9.59 Å². The summed E-state index contributed by atoms with van der Waals surface area (Å²) in [4.78, 5) is 26.2. The summed E-state index contributed by atoms with van der Waals surface area (Å²) >= 11 is 1.59. The van der Waals surface area contributed by atoms with Crippen LogP contribution in [0.1, 0.15) is 17.4 Å². The molecule has 4 nitrogen and oxygen atoms in total. The first kappa shape index (κ1) is 14.5. The maximum atomic E-state index is 11.9. The van der Waals surface area contributed by atoms with Crippen molar-refractivity contribution in [3.05, 3.63) is 52.2 Å². The second kappa shape index (κ2) is 6.15. The normalized spacial score (nSPS) is 13.4. The Bertz CT molecular complexity index is 735. The number of amides is 2. The Morgan fingerprint density at radius 1 is 1.32 bits per heavy atom. The second-order valence-corrected chi connectivity index (χ2v) is 6.08. The van der Waals surface area contributed by atoms with Gasteiger partial charge in [-0.25, -0.2) is 0 Å². The first-order valence-corrected chi connectivity index (χ1v) is 7.95. The Labute approximate surface area is 133 Å². The quantitative estimate of drug-likeness (QED) is 0.884. The van der Waals surface area contributed by atoms with Crippen molar-refractivity contribution < 1.29 is 9.59 Å². The number of hydrogen-bond acceptors (Lipinski definition) is 3. The highest BCUT2D eigenvalue weighted by molar-refractivity contribution is 7.10. The maximum absolute atomic E-state index is 11.9. The molecule has 0 unspecified atom stereocenters. The number of anilines is 2. The lowest BCUT2D eigenvalue weighted by Crippen LogP contribution is -2.25. The molecule has 3 rings (SSSR count). The molecule has 112 valence electrons. The van der Waals surface area contributed by atoms with Crippen LogP contribution in [-0.4, -0.2) is 18.4 Å². The number of benzene rings is 1. The third kappa shape index (κ3) is 3.09. The van der Waals surface area contributed by atoms with Crippen molar-refractivity contribution in [1.29, 1.82) is 0 Å². The molecule has 0 saturated carbocycles. The van der Waals surface area contributed by atoms with Crippen LogP contribution < -0.4 is 10.2 Å². The number of carbonyl (C=O) groups excluding carboxylic acids is 2. The molecule has 2 aromatic rings. The molecule has 22 heavy (non-hydrogen) atoms. The second-order valence-electron chi connectivity index (χ2n) is 5.10. The van der Waals surface area contributed by atoms with E-state index in [1.807, 2.05) is 35.7 Å². The first-order valence-electron chi connectivity index (χ1n) is 7.07. The Hall–Kier alpha value is -2.40. The smallest absolute Gasteiger partial charge is 0.248 e. The zero-order valence-corrected chi connectivity index (χ0v) is 13.0. The Kier molecular flexibility index (Phi) is 4.06. The molecule has 2 amide bonds. The monoisotopic (exact) mass is 312 g/mol. The lowest BCUT2D eigenvalue weighted by Gasteiger charge is -2.14. The summed E-state index contributed by atoms with van der Waals surface area (Å²) in [6.45, 7) is 2.28. The number of nitrogens with one attached hydrogen (secondary N) is 1. The Morgan fingerprint density at radius 2 is 2.18 bits per heavy atom. The molecular weight excluding hydrogens is 296 g/mol. The molecule has 1 aliphatic rings. The van der Waals surface area contributed by atoms with Crippen LogP contribution in [0.25, 0.3) is 6.08 Å². The van der Waals surface area contributed by atoms with Crippen molar-refractivity contribution in [3.8, 4) is 0 Å². The molecule has 0 saturated heterocycles. The molecule has 0 atom stereocenters. The third-order valence-corrected chi connectivity index (χ3v) is 4.40. The van der Waals surface area contributed by atoms with Crippen molar-refractivity contribution in [2.45, 2.75) is 13.3 Å². The number of nitrogens with zero attached hydrogens (tertiary/aromatic N) is 1. The highest BCUT2D eigenvalue weighted by Gasteiger charge is 2.22. The predicted octanol–water partition coefficient (Wildman–Crippen LogP) is 3.31. The van der Waals surface area contributed by atoms with Crippen LogP contribution in [0.3, 0.4) is 0 Å². The van der Waals surface area contributed by atoms with E-state index in [0.717, 1.165) is 28.2 Å². The summed E-state index contributed by atoms with van der Waals surface area (Å²) < 4.78 is 0. The lowest BCUT2D eigenvalue weighted by atomic mass is 10.1. The van der Waals surface area contributed by atoms with Crippen LogP contribution in [-0.2, 0) is 16.0 Å². The van der Waals surface area contributed by atoms with E-state index in [0.29, 0.717) is 6.54 Å². The SMILES string of the molecule is CC(=O)N1CCc2cc(NC(=O)/C=C/c3cccs3)ccc21. The van der Waals surface area contributed by atoms with E-state index < -0.39 is 0 Å². The number of thiophene rings is 1. The van der Waals surface area contributed by atoms with Crippen LogP contribution in [0.4, 0.5) is 11.4 Å². The van der Waals surface area contributed by atoms with Crippen molar-refractivity contribution in [1.82, 2.24) is 0 Å². The van der Waals surface area contributed by atoms with Crippen LogP contribution in [0.15, 0.2) is 41.8 Å². The minimum absolute atomic E-state index is 0.0504. The molecule has 0 bridgehead atoms. The van der Waals surface area contributed by atoms with Gasteiger partial charge >= 0.3 is 0 Å². The van der Waals surface area contributed by atoms with E-state index in [2.05, 4.69) is 5.32 Å². The number of rotatable bonds is 3. The van der Waals surface area contributed by atoms with Gasteiger partial charge in [0.2, 0.25) is 11.8 Å². The summed E-state index contributed by atoms with van der Waals surface area (Å²) in [6, 6.07) is 9.57. The van der Waals surface area contributed by atoms with Gasteiger partial charge in [-0.05, 0) is 47.7 Å². The zero-order chi connectivity index (χ0) is 15.5. The van der Waals surface area contributed by atoms with Crippen LogP contribution in [0.2, 0.25) is 0 Å². The topological polar surface area (TPSA) is 49.4 Å². The van der Waals surface area contributed by atoms with Crippen LogP contribution in [0, 0.1) is 0 Å². The van der Waals surface area contributed by atoms with Gasteiger partial charge in [-0.15, -0.1) is 11.3 Å². The van der Waals surface area contributed by atoms with Gasteiger partial charge in [-0.3, -0.25) is 9.59 Å². The highest BCUT2D eigenvalue weighted by atomic mass is 32.1. The van der Waals surface area contributed by atoms with Gasteiger partial charge in [0.05, 0.1) is 0 Å². The summed E-state index contributed by atoms with van der Waals surface area (Å²) in [5.74, 6) is -0.107. The fraction of sp³-hybridized carbons (Fsp3) is 0.176. The molecule has 0 radical (unpaired) electrons. The molecule has 2 heterocycles. The largest absolute Gasteiger partial charge is 0.323 e. The Balaban J connectivity index is 1.69. The van der Waals surface area contributed by atoms with Gasteiger partial charge in [0, 0.05) is 35.8 Å². The van der Waals surface area contributed by atoms with Crippen molar-refractivity contribution in [2.24, 2.45) is 0 Å². The van der Waals surface area contributed by atoms with E-state index in [1.54, 1.807) is 29.2 Å². The molecule has 1 aromatic heterocycles.